The molecule has 2 aromatic carbocycles. The Balaban J connectivity index is 0.000000880. The second-order valence-electron chi connectivity index (χ2n) is 6.54. The molecule has 0 amide bonds. The lowest BCUT2D eigenvalue weighted by Gasteiger charge is -2.10. The van der Waals surface area contributed by atoms with Crippen LogP contribution in [-0.2, 0) is 0 Å². The molecule has 7 heteroatoms. The molecule has 0 spiro atoms. The average Bonchev–Trinajstić information content (AvgIpc) is 2.86. The monoisotopic (exact) mass is 455 g/mol. The van der Waals surface area contributed by atoms with Gasteiger partial charge in [-0.2, -0.15) is 0 Å². The van der Waals surface area contributed by atoms with Crippen LogP contribution in [0.1, 0.15) is 64.5 Å². The van der Waals surface area contributed by atoms with Gasteiger partial charge in [0.15, 0.2) is 0 Å². The van der Waals surface area contributed by atoms with E-state index in [0.29, 0.717) is 24.1 Å². The molecule has 1 aromatic heterocycles. The fourth-order valence-electron chi connectivity index (χ4n) is 2.63. The summed E-state index contributed by atoms with van der Waals surface area (Å²) in [5, 5.41) is 8.26. The van der Waals surface area contributed by atoms with Gasteiger partial charge in [-0.25, -0.2) is 9.97 Å². The van der Waals surface area contributed by atoms with Gasteiger partial charge in [0.1, 0.15) is 29.5 Å². The molecule has 0 atom stereocenters. The molecule has 0 fully saturated rings. The molecule has 3 aromatic rings. The number of anilines is 2. The first-order valence-electron chi connectivity index (χ1n) is 11.2. The fraction of sp³-hybridized carbons (Fsp3) is 0.346. The van der Waals surface area contributed by atoms with E-state index in [1.165, 1.54) is 32.0 Å². The normalized spacial score (nSPS) is 9.15. The number of nitrogens with two attached hydrogens (primary N) is 2. The molecule has 0 aliphatic rings. The van der Waals surface area contributed by atoms with Gasteiger partial charge in [-0.3, -0.25) is 9.80 Å². The maximum absolute atomic E-state index is 9.50. The Kier molecular flexibility index (Phi) is 16.2. The van der Waals surface area contributed by atoms with E-state index in [0.717, 1.165) is 5.75 Å². The van der Waals surface area contributed by atoms with E-state index in [1.807, 2.05) is 44.2 Å². The van der Waals surface area contributed by atoms with Crippen LogP contribution < -0.4 is 16.2 Å². The van der Waals surface area contributed by atoms with Crippen LogP contribution in [0, 0.1) is 5.41 Å². The number of hydrogen-bond acceptors (Lipinski definition) is 6. The first kappa shape index (κ1) is 29.5. The van der Waals surface area contributed by atoms with Crippen molar-refractivity contribution < 1.29 is 9.13 Å². The highest BCUT2D eigenvalue weighted by molar-refractivity contribution is 6.15. The number of hydrogen-bond donors (Lipinski definition) is 3. The maximum atomic E-state index is 9.50. The molecule has 0 aliphatic heterocycles. The van der Waals surface area contributed by atoms with Crippen molar-refractivity contribution in [3.8, 4) is 11.5 Å². The van der Waals surface area contributed by atoms with Crippen LogP contribution in [0.4, 0.5) is 16.0 Å². The number of halogens is 1. The van der Waals surface area contributed by atoms with Crippen molar-refractivity contribution >= 4 is 17.3 Å². The zero-order valence-electron chi connectivity index (χ0n) is 20.4. The van der Waals surface area contributed by atoms with E-state index in [1.54, 1.807) is 24.3 Å². The molecular formula is C26H38FN5O. The van der Waals surface area contributed by atoms with Crippen LogP contribution in [0.3, 0.4) is 0 Å². The van der Waals surface area contributed by atoms with Gasteiger partial charge < -0.3 is 16.2 Å². The lowest BCUT2D eigenvalue weighted by molar-refractivity contribution is 0.482. The van der Waals surface area contributed by atoms with Crippen LogP contribution in [0.5, 0.6) is 11.5 Å². The Morgan fingerprint density at radius 1 is 0.818 bits per heavy atom. The SMILES string of the molecule is CC.CCCCCC.CF.N=C(c1ccc(Oc2ccccc2)cc1)c1c(N)ncnc1N. The van der Waals surface area contributed by atoms with E-state index >= 15 is 0 Å². The Labute approximate surface area is 197 Å². The van der Waals surface area contributed by atoms with E-state index in [4.69, 9.17) is 21.6 Å². The summed E-state index contributed by atoms with van der Waals surface area (Å²) in [6.07, 6.45) is 6.81. The van der Waals surface area contributed by atoms with Gasteiger partial charge in [0, 0.05) is 5.56 Å². The molecule has 6 nitrogen and oxygen atoms in total. The topological polar surface area (TPSA) is 111 Å². The predicted octanol–water partition coefficient (Wildman–Crippen LogP) is 7.05. The van der Waals surface area contributed by atoms with Crippen LogP contribution in [0.25, 0.3) is 0 Å². The standard InChI is InChI=1S/C17H15N5O.C6H14.C2H6.CH3F/c18-15(14-16(19)21-10-22-17(14)20)11-6-8-13(9-7-11)23-12-4-2-1-3-5-12;1-3-5-6-4-2;2*1-2/h1-10,18H,(H4,19,20,21,22);3-6H2,1-2H3;1-2H3;1H3. The molecule has 0 radical (unpaired) electrons. The molecule has 3 rings (SSSR count). The summed E-state index contributed by atoms with van der Waals surface area (Å²) < 4.78 is 15.2. The summed E-state index contributed by atoms with van der Waals surface area (Å²) in [6, 6.07) is 16.6. The van der Waals surface area contributed by atoms with E-state index in [2.05, 4.69) is 23.8 Å². The lowest BCUT2D eigenvalue weighted by atomic mass is 10.0. The van der Waals surface area contributed by atoms with Crippen molar-refractivity contribution in [1.82, 2.24) is 9.97 Å². The molecule has 0 bridgehead atoms. The number of nitrogens with zero attached hydrogens (tertiary/aromatic N) is 2. The first-order chi connectivity index (χ1) is 16.1. The van der Waals surface area contributed by atoms with Gasteiger partial charge in [-0.1, -0.05) is 71.6 Å². The summed E-state index contributed by atoms with van der Waals surface area (Å²) in [5.74, 6) is 1.80. The molecule has 180 valence electrons. The van der Waals surface area contributed by atoms with Crippen LogP contribution in [0.2, 0.25) is 0 Å². The van der Waals surface area contributed by atoms with Gasteiger partial charge in [0.25, 0.3) is 0 Å². The summed E-state index contributed by atoms with van der Waals surface area (Å²) >= 11 is 0. The molecular weight excluding hydrogens is 417 g/mol. The van der Waals surface area contributed by atoms with Crippen molar-refractivity contribution in [2.75, 3.05) is 18.6 Å². The second kappa shape index (κ2) is 18.1. The number of unbranched alkanes of at least 4 members (excludes halogenated alkanes) is 3. The molecule has 0 unspecified atom stereocenters. The first-order valence-corrected chi connectivity index (χ1v) is 11.2. The smallest absolute Gasteiger partial charge is 0.138 e. The molecule has 33 heavy (non-hydrogen) atoms. The minimum Gasteiger partial charge on any atom is -0.457 e. The number of benzene rings is 2. The third-order valence-corrected chi connectivity index (χ3v) is 4.23. The fourth-order valence-corrected chi connectivity index (χ4v) is 2.63. The molecule has 5 N–H and O–H groups in total. The third-order valence-electron chi connectivity index (χ3n) is 4.23. The quantitative estimate of drug-likeness (QED) is 0.261. The van der Waals surface area contributed by atoms with E-state index in [9.17, 15) is 4.39 Å². The molecule has 1 heterocycles. The van der Waals surface area contributed by atoms with Crippen molar-refractivity contribution in [2.24, 2.45) is 0 Å². The van der Waals surface area contributed by atoms with Crippen LogP contribution >= 0.6 is 0 Å². The van der Waals surface area contributed by atoms with Gasteiger partial charge in [-0.15, -0.1) is 0 Å². The predicted molar refractivity (Wildman–Crippen MR) is 138 cm³/mol. The van der Waals surface area contributed by atoms with Gasteiger partial charge in [0.2, 0.25) is 0 Å². The van der Waals surface area contributed by atoms with Gasteiger partial charge in [0.05, 0.1) is 18.5 Å². The number of nitrogen functional groups attached to an aromatic ring is 2. The number of nitrogens with one attached hydrogen (secondary N) is 1. The van der Waals surface area contributed by atoms with Crippen LogP contribution in [0.15, 0.2) is 60.9 Å². The minimum atomic E-state index is 0.173. The van der Waals surface area contributed by atoms with Crippen molar-refractivity contribution in [3.05, 3.63) is 72.1 Å². The maximum Gasteiger partial charge on any atom is 0.138 e. The van der Waals surface area contributed by atoms with Crippen LogP contribution in [-0.4, -0.2) is 22.9 Å². The summed E-state index contributed by atoms with van der Waals surface area (Å²) in [7, 11) is 0.500. The summed E-state index contributed by atoms with van der Waals surface area (Å²) in [5.41, 5.74) is 12.8. The lowest BCUT2D eigenvalue weighted by Crippen LogP contribution is -2.11. The minimum absolute atomic E-state index is 0.173. The molecule has 0 saturated heterocycles. The zero-order valence-corrected chi connectivity index (χ0v) is 20.4. The zero-order chi connectivity index (χ0) is 25.1. The summed E-state index contributed by atoms with van der Waals surface area (Å²) in [6.45, 7) is 8.46. The highest BCUT2D eigenvalue weighted by atomic mass is 19.1. The second-order valence-corrected chi connectivity index (χ2v) is 6.54. The van der Waals surface area contributed by atoms with Gasteiger partial charge in [-0.05, 0) is 36.4 Å². The number of rotatable bonds is 7. The number of para-hydroxylation sites is 1. The Hall–Kier alpha value is -3.48. The highest BCUT2D eigenvalue weighted by Crippen LogP contribution is 2.24. The Morgan fingerprint density at radius 3 is 1.73 bits per heavy atom. The van der Waals surface area contributed by atoms with Crippen molar-refractivity contribution in [1.29, 1.82) is 5.41 Å². The summed E-state index contributed by atoms with van der Waals surface area (Å²) in [4.78, 5) is 7.76. The van der Waals surface area contributed by atoms with Gasteiger partial charge >= 0.3 is 0 Å². The Bertz CT molecular complexity index is 878. The third kappa shape index (κ3) is 10.6. The Morgan fingerprint density at radius 2 is 1.27 bits per heavy atom. The number of alkyl halides is 1. The number of aromatic nitrogens is 2. The molecule has 0 aliphatic carbocycles. The van der Waals surface area contributed by atoms with Crippen molar-refractivity contribution in [2.45, 2.75) is 53.4 Å². The van der Waals surface area contributed by atoms with E-state index < -0.39 is 0 Å². The average molecular weight is 456 g/mol. The molecule has 0 saturated carbocycles. The largest absolute Gasteiger partial charge is 0.457 e. The van der Waals surface area contributed by atoms with Crippen molar-refractivity contribution in [3.63, 3.8) is 0 Å². The number of ether oxygens (including phenoxy) is 1. The van der Waals surface area contributed by atoms with E-state index in [-0.39, 0.29) is 17.3 Å². The highest BCUT2D eigenvalue weighted by Gasteiger charge is 2.14.